The van der Waals surface area contributed by atoms with E-state index in [1.807, 2.05) is 0 Å². The molecular formula is C45H84N2O7. The molecule has 2 amide bonds. The van der Waals surface area contributed by atoms with Gasteiger partial charge in [-0.25, -0.2) is 4.79 Å². The highest BCUT2D eigenvalue weighted by Gasteiger charge is 2.19. The number of aliphatic hydroxyl groups is 1. The number of hydrogen-bond donors (Lipinski definition) is 4. The van der Waals surface area contributed by atoms with Gasteiger partial charge in [-0.15, -0.1) is 0 Å². The molecule has 0 aliphatic rings. The number of esters is 1. The number of aliphatic carboxylic acids is 1. The number of hydrogen-bond acceptors (Lipinski definition) is 6. The lowest BCUT2D eigenvalue weighted by Gasteiger charge is -2.18. The fourth-order valence-corrected chi connectivity index (χ4v) is 6.77. The molecule has 0 bridgehead atoms. The van der Waals surface area contributed by atoms with E-state index in [9.17, 15) is 19.2 Å². The molecule has 0 radical (unpaired) electrons. The smallest absolute Gasteiger partial charge is 0.328 e. The van der Waals surface area contributed by atoms with Crippen LogP contribution < -0.4 is 10.6 Å². The summed E-state index contributed by atoms with van der Waals surface area (Å²) in [7, 11) is 0. The zero-order chi connectivity index (χ0) is 39.7. The Morgan fingerprint density at radius 3 is 1.43 bits per heavy atom. The van der Waals surface area contributed by atoms with Crippen molar-refractivity contribution in [1.82, 2.24) is 10.6 Å². The molecule has 0 rings (SSSR count). The van der Waals surface area contributed by atoms with Crippen LogP contribution in [0.1, 0.15) is 226 Å². The van der Waals surface area contributed by atoms with Gasteiger partial charge in [-0.3, -0.25) is 14.4 Å². The number of carboxylic acids is 1. The molecule has 0 spiro atoms. The van der Waals surface area contributed by atoms with Crippen LogP contribution in [0.25, 0.3) is 0 Å². The number of unbranched alkanes of at least 4 members (excludes halogenated alkanes) is 25. The molecule has 0 aliphatic heterocycles. The molecule has 2 atom stereocenters. The van der Waals surface area contributed by atoms with Crippen molar-refractivity contribution in [3.63, 3.8) is 0 Å². The summed E-state index contributed by atoms with van der Waals surface area (Å²) in [6.45, 7) is 3.48. The SMILES string of the molecule is CCCCC/C=C\CCCCCCCC(=O)OC(CCCCCCCCCCCCCCCC)CCCCCCCC(=O)NCC(=O)NC(CO)C(=O)O. The average molecular weight is 765 g/mol. The van der Waals surface area contributed by atoms with Crippen molar-refractivity contribution < 1.29 is 34.1 Å². The first kappa shape index (κ1) is 51.6. The lowest BCUT2D eigenvalue weighted by Crippen LogP contribution is -2.47. The van der Waals surface area contributed by atoms with Gasteiger partial charge in [0.1, 0.15) is 12.1 Å². The molecule has 0 aromatic carbocycles. The van der Waals surface area contributed by atoms with E-state index in [1.54, 1.807) is 0 Å². The van der Waals surface area contributed by atoms with Crippen LogP contribution in [0.3, 0.4) is 0 Å². The minimum Gasteiger partial charge on any atom is -0.480 e. The number of carboxylic acid groups (broad SMARTS) is 1. The molecule has 0 aliphatic carbocycles. The Kier molecular flexibility index (Phi) is 38.4. The van der Waals surface area contributed by atoms with Crippen molar-refractivity contribution in [1.29, 1.82) is 0 Å². The van der Waals surface area contributed by atoms with E-state index in [0.717, 1.165) is 64.2 Å². The normalized spacial score (nSPS) is 12.5. The average Bonchev–Trinajstić information content (AvgIpc) is 3.15. The minimum absolute atomic E-state index is 0.0116. The number of carbonyl (C=O) groups is 4. The predicted molar refractivity (Wildman–Crippen MR) is 222 cm³/mol. The number of aliphatic hydroxyl groups excluding tert-OH is 1. The maximum atomic E-state index is 12.8. The standard InChI is InChI=1S/C45H84N2O7/c1-3-5-7-9-11-13-15-17-18-19-21-23-26-30-34-40(54-44(51)37-33-29-24-22-20-16-14-12-10-8-6-4-2)35-31-27-25-28-32-36-42(49)46-38-43(50)47-41(39-48)45(52)53/h12,14,40-41,48H,3-11,13,15-39H2,1-2H3,(H,46,49)(H,47,50)(H,52,53)/b14-12-. The summed E-state index contributed by atoms with van der Waals surface area (Å²) in [4.78, 5) is 47.6. The Labute approximate surface area is 331 Å². The van der Waals surface area contributed by atoms with E-state index in [0.29, 0.717) is 19.3 Å². The zero-order valence-corrected chi connectivity index (χ0v) is 35.0. The molecule has 316 valence electrons. The second-order valence-corrected chi connectivity index (χ2v) is 15.5. The monoisotopic (exact) mass is 765 g/mol. The fourth-order valence-electron chi connectivity index (χ4n) is 6.77. The van der Waals surface area contributed by atoms with Crippen LogP contribution in [-0.2, 0) is 23.9 Å². The van der Waals surface area contributed by atoms with Gasteiger partial charge in [0.15, 0.2) is 0 Å². The summed E-state index contributed by atoms with van der Waals surface area (Å²) in [5.74, 6) is -2.29. The quantitative estimate of drug-likeness (QED) is 0.0276. The van der Waals surface area contributed by atoms with E-state index in [4.69, 9.17) is 14.9 Å². The van der Waals surface area contributed by atoms with Gasteiger partial charge in [0, 0.05) is 12.8 Å². The third-order valence-corrected chi connectivity index (χ3v) is 10.3. The molecule has 2 unspecified atom stereocenters. The van der Waals surface area contributed by atoms with Gasteiger partial charge in [0.25, 0.3) is 0 Å². The van der Waals surface area contributed by atoms with Crippen molar-refractivity contribution in [3.8, 4) is 0 Å². The predicted octanol–water partition coefficient (Wildman–Crippen LogP) is 11.0. The fraction of sp³-hybridized carbons (Fsp3) is 0.867. The molecule has 0 aromatic heterocycles. The summed E-state index contributed by atoms with van der Waals surface area (Å²) in [6.07, 6.45) is 42.3. The largest absolute Gasteiger partial charge is 0.480 e. The van der Waals surface area contributed by atoms with Crippen LogP contribution in [0, 0.1) is 0 Å². The van der Waals surface area contributed by atoms with Gasteiger partial charge >= 0.3 is 11.9 Å². The van der Waals surface area contributed by atoms with Crippen LogP contribution in [-0.4, -0.2) is 59.3 Å². The van der Waals surface area contributed by atoms with E-state index in [-0.39, 0.29) is 24.5 Å². The lowest BCUT2D eigenvalue weighted by atomic mass is 10.0. The van der Waals surface area contributed by atoms with Crippen molar-refractivity contribution >= 4 is 23.8 Å². The molecular weight excluding hydrogens is 681 g/mol. The van der Waals surface area contributed by atoms with Gasteiger partial charge < -0.3 is 25.6 Å². The van der Waals surface area contributed by atoms with Gasteiger partial charge in [0.2, 0.25) is 11.8 Å². The van der Waals surface area contributed by atoms with E-state index >= 15 is 0 Å². The van der Waals surface area contributed by atoms with E-state index in [1.165, 1.54) is 128 Å². The maximum absolute atomic E-state index is 12.8. The molecule has 0 aromatic rings. The summed E-state index contributed by atoms with van der Waals surface area (Å²) < 4.78 is 6.03. The minimum atomic E-state index is -1.38. The number of ether oxygens (including phenoxy) is 1. The topological polar surface area (TPSA) is 142 Å². The van der Waals surface area contributed by atoms with Crippen LogP contribution in [0.2, 0.25) is 0 Å². The number of carbonyl (C=O) groups excluding carboxylic acids is 3. The number of amides is 2. The Bertz CT molecular complexity index is 926. The van der Waals surface area contributed by atoms with Crippen LogP contribution in [0.5, 0.6) is 0 Å². The van der Waals surface area contributed by atoms with Crippen molar-refractivity contribution in [3.05, 3.63) is 12.2 Å². The molecule has 0 fully saturated rings. The first-order valence-corrected chi connectivity index (χ1v) is 22.6. The molecule has 0 saturated heterocycles. The maximum Gasteiger partial charge on any atom is 0.328 e. The highest BCUT2D eigenvalue weighted by atomic mass is 16.5. The first-order valence-electron chi connectivity index (χ1n) is 22.6. The summed E-state index contributed by atoms with van der Waals surface area (Å²) >= 11 is 0. The highest BCUT2D eigenvalue weighted by molar-refractivity contribution is 5.87. The summed E-state index contributed by atoms with van der Waals surface area (Å²) in [5, 5.41) is 22.6. The lowest BCUT2D eigenvalue weighted by molar-refractivity contribution is -0.150. The number of allylic oxidation sites excluding steroid dienone is 2. The molecule has 4 N–H and O–H groups in total. The van der Waals surface area contributed by atoms with Crippen LogP contribution in [0.15, 0.2) is 12.2 Å². The van der Waals surface area contributed by atoms with Gasteiger partial charge in [0.05, 0.1) is 13.2 Å². The Balaban J connectivity index is 4.31. The molecule has 9 nitrogen and oxygen atoms in total. The Morgan fingerprint density at radius 1 is 0.537 bits per heavy atom. The van der Waals surface area contributed by atoms with Crippen molar-refractivity contribution in [2.75, 3.05) is 13.2 Å². The zero-order valence-electron chi connectivity index (χ0n) is 35.0. The summed E-state index contributed by atoms with van der Waals surface area (Å²) in [6, 6.07) is -1.38. The van der Waals surface area contributed by atoms with Crippen molar-refractivity contribution in [2.24, 2.45) is 0 Å². The Hall–Kier alpha value is -2.42. The van der Waals surface area contributed by atoms with Crippen molar-refractivity contribution in [2.45, 2.75) is 238 Å². The molecule has 0 heterocycles. The third kappa shape index (κ3) is 36.6. The second-order valence-electron chi connectivity index (χ2n) is 15.5. The van der Waals surface area contributed by atoms with Gasteiger partial charge in [-0.1, -0.05) is 161 Å². The number of rotatable bonds is 41. The molecule has 0 saturated carbocycles. The van der Waals surface area contributed by atoms with Gasteiger partial charge in [-0.2, -0.15) is 0 Å². The first-order chi connectivity index (χ1) is 26.3. The number of nitrogens with one attached hydrogen (secondary N) is 2. The summed E-state index contributed by atoms with van der Waals surface area (Å²) in [5.41, 5.74) is 0. The Morgan fingerprint density at radius 2 is 0.944 bits per heavy atom. The second kappa shape index (κ2) is 40.2. The van der Waals surface area contributed by atoms with E-state index < -0.39 is 24.5 Å². The van der Waals surface area contributed by atoms with Gasteiger partial charge in [-0.05, 0) is 64.2 Å². The third-order valence-electron chi connectivity index (χ3n) is 10.3. The van der Waals surface area contributed by atoms with E-state index in [2.05, 4.69) is 36.6 Å². The van der Waals surface area contributed by atoms with Crippen LogP contribution in [0.4, 0.5) is 0 Å². The molecule has 9 heteroatoms. The molecule has 54 heavy (non-hydrogen) atoms. The highest BCUT2D eigenvalue weighted by Crippen LogP contribution is 2.19. The van der Waals surface area contributed by atoms with Crippen LogP contribution >= 0.6 is 0 Å².